The number of benzene rings is 1. The summed E-state index contributed by atoms with van der Waals surface area (Å²) in [5.41, 5.74) is 2.28. The lowest BCUT2D eigenvalue weighted by Gasteiger charge is -2.04. The van der Waals surface area contributed by atoms with Crippen LogP contribution in [0.2, 0.25) is 0 Å². The molecule has 0 aliphatic rings. The fraction of sp³-hybridized carbons (Fsp3) is 0.222. The van der Waals surface area contributed by atoms with Crippen LogP contribution in [0.1, 0.15) is 21.5 Å². The lowest BCUT2D eigenvalue weighted by atomic mass is 10.0. The lowest BCUT2D eigenvalue weighted by molar-refractivity contribution is 0.0696. The molecule has 0 atom stereocenters. The quantitative estimate of drug-likeness (QED) is 0.800. The molecule has 0 radical (unpaired) electrons. The Morgan fingerprint density at radius 2 is 2.00 bits per heavy atom. The van der Waals surface area contributed by atoms with Gasteiger partial charge >= 0.3 is 5.97 Å². The van der Waals surface area contributed by atoms with Gasteiger partial charge in [-0.3, -0.25) is 0 Å². The maximum Gasteiger partial charge on any atom is 0.335 e. The number of aryl methyl sites for hydroxylation is 1. The van der Waals surface area contributed by atoms with Crippen molar-refractivity contribution in [1.82, 2.24) is 0 Å². The highest BCUT2D eigenvalue weighted by molar-refractivity contribution is 14.1. The number of carboxylic acid groups (broad SMARTS) is 1. The third kappa shape index (κ3) is 1.77. The molecule has 1 N–H and O–H groups in total. The molecule has 3 heteroatoms. The number of hydrogen-bond acceptors (Lipinski definition) is 1. The summed E-state index contributed by atoms with van der Waals surface area (Å²) in [7, 11) is 0. The Balaban J connectivity index is 3.37. The van der Waals surface area contributed by atoms with E-state index in [0.717, 1.165) is 14.7 Å². The lowest BCUT2D eigenvalue weighted by Crippen LogP contribution is -2.01. The minimum atomic E-state index is -0.853. The van der Waals surface area contributed by atoms with Gasteiger partial charge < -0.3 is 5.11 Å². The number of rotatable bonds is 1. The van der Waals surface area contributed by atoms with Crippen LogP contribution in [0.5, 0.6) is 0 Å². The molecule has 0 aliphatic carbocycles. The third-order valence-electron chi connectivity index (χ3n) is 1.86. The molecule has 0 aliphatic heterocycles. The summed E-state index contributed by atoms with van der Waals surface area (Å²) in [4.78, 5) is 10.7. The van der Waals surface area contributed by atoms with Crippen LogP contribution >= 0.6 is 22.6 Å². The van der Waals surface area contributed by atoms with Gasteiger partial charge in [0.1, 0.15) is 0 Å². The van der Waals surface area contributed by atoms with Crippen LogP contribution < -0.4 is 0 Å². The summed E-state index contributed by atoms with van der Waals surface area (Å²) in [6.07, 6.45) is 0. The number of carbonyl (C=O) groups is 1. The van der Waals surface area contributed by atoms with Crippen LogP contribution in [0.25, 0.3) is 0 Å². The van der Waals surface area contributed by atoms with Crippen LogP contribution in [0.4, 0.5) is 0 Å². The van der Waals surface area contributed by atoms with Crippen molar-refractivity contribution in [2.24, 2.45) is 0 Å². The normalized spacial score (nSPS) is 9.92. The summed E-state index contributed by atoms with van der Waals surface area (Å²) < 4.78 is 0.966. The van der Waals surface area contributed by atoms with Crippen LogP contribution in [0, 0.1) is 17.4 Å². The number of halogens is 1. The SMILES string of the molecule is Cc1cc(I)cc(C(=O)O)c1C. The van der Waals surface area contributed by atoms with Gasteiger partial charge in [-0.05, 0) is 59.7 Å². The van der Waals surface area contributed by atoms with E-state index in [1.165, 1.54) is 0 Å². The fourth-order valence-corrected chi connectivity index (χ4v) is 1.82. The summed E-state index contributed by atoms with van der Waals surface area (Å²) in [5, 5.41) is 8.81. The highest BCUT2D eigenvalue weighted by Gasteiger charge is 2.09. The van der Waals surface area contributed by atoms with Gasteiger partial charge in [0.2, 0.25) is 0 Å². The standard InChI is InChI=1S/C9H9IO2/c1-5-3-7(10)4-8(6(5)2)9(11)12/h3-4H,1-2H3,(H,11,12). The Morgan fingerprint density at radius 1 is 1.42 bits per heavy atom. The summed E-state index contributed by atoms with van der Waals surface area (Å²) in [5.74, 6) is -0.853. The number of hydrogen-bond donors (Lipinski definition) is 1. The second-order valence-corrected chi connectivity index (χ2v) is 3.95. The molecule has 1 aromatic rings. The van der Waals surface area contributed by atoms with Crippen molar-refractivity contribution in [3.8, 4) is 0 Å². The average molecular weight is 276 g/mol. The number of carboxylic acids is 1. The second kappa shape index (κ2) is 3.43. The molecule has 0 bridgehead atoms. The highest BCUT2D eigenvalue weighted by Crippen LogP contribution is 2.17. The van der Waals surface area contributed by atoms with Gasteiger partial charge in [0.05, 0.1) is 5.56 Å². The van der Waals surface area contributed by atoms with E-state index in [9.17, 15) is 4.79 Å². The van der Waals surface area contributed by atoms with Gasteiger partial charge in [-0.15, -0.1) is 0 Å². The third-order valence-corrected chi connectivity index (χ3v) is 2.49. The highest BCUT2D eigenvalue weighted by atomic mass is 127. The Bertz CT molecular complexity index is 332. The molecule has 0 saturated heterocycles. The molecule has 12 heavy (non-hydrogen) atoms. The minimum absolute atomic E-state index is 0.402. The van der Waals surface area contributed by atoms with Crippen molar-refractivity contribution in [3.05, 3.63) is 32.4 Å². The van der Waals surface area contributed by atoms with Gasteiger partial charge in [0.25, 0.3) is 0 Å². The zero-order chi connectivity index (χ0) is 9.30. The van der Waals surface area contributed by atoms with Gasteiger partial charge in [-0.1, -0.05) is 0 Å². The molecule has 0 fully saturated rings. The van der Waals surface area contributed by atoms with Crippen molar-refractivity contribution in [1.29, 1.82) is 0 Å². The Hall–Kier alpha value is -0.580. The molecule has 0 amide bonds. The zero-order valence-corrected chi connectivity index (χ0v) is 9.05. The maximum absolute atomic E-state index is 10.7. The largest absolute Gasteiger partial charge is 0.478 e. The summed E-state index contributed by atoms with van der Waals surface area (Å²) in [6, 6.07) is 3.66. The fourth-order valence-electron chi connectivity index (χ4n) is 1.04. The van der Waals surface area contributed by atoms with Gasteiger partial charge in [-0.25, -0.2) is 4.79 Å². The zero-order valence-electron chi connectivity index (χ0n) is 6.89. The number of aromatic carboxylic acids is 1. The molecule has 0 heterocycles. The van der Waals surface area contributed by atoms with Crippen LogP contribution in [-0.4, -0.2) is 11.1 Å². The van der Waals surface area contributed by atoms with Crippen LogP contribution in [-0.2, 0) is 0 Å². The molecule has 2 nitrogen and oxygen atoms in total. The first-order chi connectivity index (χ1) is 5.52. The molecule has 1 rings (SSSR count). The van der Waals surface area contributed by atoms with Crippen molar-refractivity contribution in [2.75, 3.05) is 0 Å². The molecule has 0 saturated carbocycles. The summed E-state index contributed by atoms with van der Waals surface area (Å²) in [6.45, 7) is 3.75. The van der Waals surface area contributed by atoms with E-state index < -0.39 is 5.97 Å². The first-order valence-electron chi connectivity index (χ1n) is 3.52. The van der Waals surface area contributed by atoms with Gasteiger partial charge in [0.15, 0.2) is 0 Å². The van der Waals surface area contributed by atoms with Gasteiger partial charge in [-0.2, -0.15) is 0 Å². The van der Waals surface area contributed by atoms with E-state index >= 15 is 0 Å². The van der Waals surface area contributed by atoms with Crippen molar-refractivity contribution >= 4 is 28.6 Å². The van der Waals surface area contributed by atoms with Crippen LogP contribution in [0.3, 0.4) is 0 Å². The van der Waals surface area contributed by atoms with E-state index in [1.54, 1.807) is 6.07 Å². The molecular formula is C9H9IO2. The smallest absolute Gasteiger partial charge is 0.335 e. The predicted octanol–water partition coefficient (Wildman–Crippen LogP) is 2.61. The molecule has 0 unspecified atom stereocenters. The Morgan fingerprint density at radius 3 is 2.50 bits per heavy atom. The van der Waals surface area contributed by atoms with E-state index in [-0.39, 0.29) is 0 Å². The first-order valence-corrected chi connectivity index (χ1v) is 4.60. The second-order valence-electron chi connectivity index (χ2n) is 2.70. The first kappa shape index (κ1) is 9.51. The van der Waals surface area contributed by atoms with E-state index in [4.69, 9.17) is 5.11 Å². The predicted molar refractivity (Wildman–Crippen MR) is 55.6 cm³/mol. The molecule has 64 valence electrons. The van der Waals surface area contributed by atoms with Gasteiger partial charge in [0, 0.05) is 3.57 Å². The minimum Gasteiger partial charge on any atom is -0.478 e. The Labute approximate surface area is 84.7 Å². The van der Waals surface area contributed by atoms with Crippen molar-refractivity contribution in [3.63, 3.8) is 0 Å². The van der Waals surface area contributed by atoms with Crippen molar-refractivity contribution in [2.45, 2.75) is 13.8 Å². The van der Waals surface area contributed by atoms with E-state index in [1.807, 2.05) is 19.9 Å². The van der Waals surface area contributed by atoms with E-state index in [0.29, 0.717) is 5.56 Å². The monoisotopic (exact) mass is 276 g/mol. The van der Waals surface area contributed by atoms with Crippen molar-refractivity contribution < 1.29 is 9.90 Å². The average Bonchev–Trinajstić information content (AvgIpc) is 1.96. The topological polar surface area (TPSA) is 37.3 Å². The molecule has 0 aromatic heterocycles. The molecule has 0 spiro atoms. The Kier molecular flexibility index (Phi) is 2.72. The van der Waals surface area contributed by atoms with E-state index in [2.05, 4.69) is 22.6 Å². The molecular weight excluding hydrogens is 267 g/mol. The maximum atomic E-state index is 10.7. The van der Waals surface area contributed by atoms with Crippen LogP contribution in [0.15, 0.2) is 12.1 Å². The summed E-state index contributed by atoms with van der Waals surface area (Å²) >= 11 is 2.12. The molecule has 1 aromatic carbocycles.